The number of carbonyl (C=O) groups is 1. The van der Waals surface area contributed by atoms with E-state index in [-0.39, 0.29) is 5.91 Å². The number of nitrogens with zero attached hydrogens (tertiary/aromatic N) is 2. The fourth-order valence-electron chi connectivity index (χ4n) is 2.32. The molecule has 0 saturated heterocycles. The van der Waals surface area contributed by atoms with Crippen molar-refractivity contribution in [3.63, 3.8) is 0 Å². The van der Waals surface area contributed by atoms with E-state index >= 15 is 0 Å². The Hall–Kier alpha value is -0.940. The van der Waals surface area contributed by atoms with Crippen LogP contribution < -0.4 is 5.32 Å². The van der Waals surface area contributed by atoms with E-state index in [1.165, 1.54) is 0 Å². The van der Waals surface area contributed by atoms with E-state index in [4.69, 9.17) is 0 Å². The summed E-state index contributed by atoms with van der Waals surface area (Å²) < 4.78 is 0.885. The van der Waals surface area contributed by atoms with Gasteiger partial charge in [0, 0.05) is 28.8 Å². The van der Waals surface area contributed by atoms with Crippen LogP contribution >= 0.6 is 15.9 Å². The van der Waals surface area contributed by atoms with Gasteiger partial charge in [0.1, 0.15) is 5.69 Å². The van der Waals surface area contributed by atoms with Crippen molar-refractivity contribution in [1.29, 1.82) is 0 Å². The zero-order chi connectivity index (χ0) is 16.7. The molecule has 0 radical (unpaired) electrons. The number of halogens is 1. The fourth-order valence-corrected chi connectivity index (χ4v) is 2.56. The second kappa shape index (κ2) is 9.26. The van der Waals surface area contributed by atoms with Crippen molar-refractivity contribution < 1.29 is 4.79 Å². The average molecular weight is 370 g/mol. The third-order valence-electron chi connectivity index (χ3n) is 3.56. The lowest BCUT2D eigenvalue weighted by Gasteiger charge is -2.28. The maximum Gasteiger partial charge on any atom is 0.270 e. The summed E-state index contributed by atoms with van der Waals surface area (Å²) in [5.41, 5.74) is 0.482. The molecule has 0 spiro atoms. The number of amides is 1. The average Bonchev–Trinajstić information content (AvgIpc) is 3.24. The lowest BCUT2D eigenvalue weighted by atomic mass is 10.2. The summed E-state index contributed by atoms with van der Waals surface area (Å²) in [6.07, 6.45) is 3.83. The second-order valence-electron chi connectivity index (χ2n) is 6.13. The Morgan fingerprint density at radius 1 is 1.32 bits per heavy atom. The van der Waals surface area contributed by atoms with Gasteiger partial charge >= 0.3 is 0 Å². The van der Waals surface area contributed by atoms with E-state index < -0.39 is 0 Å². The molecule has 1 aliphatic rings. The number of hydrogen-bond acceptors (Lipinski definition) is 3. The first-order chi connectivity index (χ1) is 10.3. The van der Waals surface area contributed by atoms with Crippen molar-refractivity contribution in [2.24, 2.45) is 0 Å². The standard InChI is InChI=1S/C9H9BrN2O.C8H19N/c10-6-1-4-8(11-5-6)9(13)12-7-2-3-7;1-6-9(7(2)3)8(4)5/h1,4-5,7H,2-3H2,(H,12,13);7-8H,6H2,1-5H3. The topological polar surface area (TPSA) is 45.2 Å². The highest BCUT2D eigenvalue weighted by Gasteiger charge is 2.24. The van der Waals surface area contributed by atoms with E-state index in [1.54, 1.807) is 12.3 Å². The maximum absolute atomic E-state index is 11.4. The number of nitrogens with one attached hydrogen (secondary N) is 1. The van der Waals surface area contributed by atoms with Crippen LogP contribution in [0.4, 0.5) is 0 Å². The van der Waals surface area contributed by atoms with Crippen LogP contribution in [0, 0.1) is 0 Å². The van der Waals surface area contributed by atoms with Gasteiger partial charge in [-0.15, -0.1) is 0 Å². The number of rotatable bonds is 5. The van der Waals surface area contributed by atoms with Crippen LogP contribution in [0.5, 0.6) is 0 Å². The Labute approximate surface area is 142 Å². The second-order valence-corrected chi connectivity index (χ2v) is 7.04. The number of aromatic nitrogens is 1. The molecule has 0 aliphatic heterocycles. The molecule has 1 aromatic rings. The minimum Gasteiger partial charge on any atom is -0.348 e. The monoisotopic (exact) mass is 369 g/mol. The molecule has 0 atom stereocenters. The van der Waals surface area contributed by atoms with Gasteiger partial charge in [-0.2, -0.15) is 0 Å². The molecule has 1 aliphatic carbocycles. The van der Waals surface area contributed by atoms with Gasteiger partial charge in [-0.25, -0.2) is 4.98 Å². The minimum absolute atomic E-state index is 0.0741. The van der Waals surface area contributed by atoms with Crippen LogP contribution in [0.3, 0.4) is 0 Å². The van der Waals surface area contributed by atoms with Gasteiger partial charge in [-0.05, 0) is 75.1 Å². The van der Waals surface area contributed by atoms with E-state index in [9.17, 15) is 4.79 Å². The molecule has 0 bridgehead atoms. The van der Waals surface area contributed by atoms with Crippen LogP contribution in [-0.2, 0) is 0 Å². The molecular weight excluding hydrogens is 342 g/mol. The molecule has 1 N–H and O–H groups in total. The molecule has 0 aromatic carbocycles. The van der Waals surface area contributed by atoms with E-state index in [1.807, 2.05) is 6.07 Å². The zero-order valence-electron chi connectivity index (χ0n) is 14.3. The van der Waals surface area contributed by atoms with Crippen LogP contribution in [0.1, 0.15) is 57.9 Å². The largest absolute Gasteiger partial charge is 0.348 e. The van der Waals surface area contributed by atoms with Crippen LogP contribution in [0.2, 0.25) is 0 Å². The van der Waals surface area contributed by atoms with Gasteiger partial charge in [0.2, 0.25) is 0 Å². The van der Waals surface area contributed by atoms with Crippen LogP contribution in [0.15, 0.2) is 22.8 Å². The van der Waals surface area contributed by atoms with Crippen molar-refractivity contribution in [1.82, 2.24) is 15.2 Å². The van der Waals surface area contributed by atoms with E-state index in [2.05, 4.69) is 65.7 Å². The highest BCUT2D eigenvalue weighted by atomic mass is 79.9. The molecule has 1 fully saturated rings. The first-order valence-electron chi connectivity index (χ1n) is 8.03. The van der Waals surface area contributed by atoms with Gasteiger partial charge in [0.15, 0.2) is 0 Å². The predicted molar refractivity (Wildman–Crippen MR) is 95.1 cm³/mol. The van der Waals surface area contributed by atoms with Gasteiger partial charge < -0.3 is 5.32 Å². The normalized spacial score (nSPS) is 14.0. The molecule has 1 aromatic heterocycles. The molecule has 2 rings (SSSR count). The molecule has 1 saturated carbocycles. The summed E-state index contributed by atoms with van der Waals surface area (Å²) in [5, 5.41) is 2.87. The molecular formula is C17H28BrN3O. The smallest absolute Gasteiger partial charge is 0.270 e. The minimum atomic E-state index is -0.0741. The number of carbonyl (C=O) groups excluding carboxylic acids is 1. The quantitative estimate of drug-likeness (QED) is 0.856. The van der Waals surface area contributed by atoms with Crippen LogP contribution in [0.25, 0.3) is 0 Å². The van der Waals surface area contributed by atoms with E-state index in [0.29, 0.717) is 23.8 Å². The Bertz CT molecular complexity index is 447. The predicted octanol–water partition coefficient (Wildman–Crippen LogP) is 3.86. The van der Waals surface area contributed by atoms with Gasteiger partial charge in [0.25, 0.3) is 5.91 Å². The third-order valence-corrected chi connectivity index (χ3v) is 4.03. The summed E-state index contributed by atoms with van der Waals surface area (Å²) in [6.45, 7) is 12.3. The summed E-state index contributed by atoms with van der Waals surface area (Å²) >= 11 is 3.26. The summed E-state index contributed by atoms with van der Waals surface area (Å²) in [6, 6.07) is 5.29. The highest BCUT2D eigenvalue weighted by molar-refractivity contribution is 9.10. The van der Waals surface area contributed by atoms with Crippen molar-refractivity contribution in [2.45, 2.75) is 65.6 Å². The molecule has 1 heterocycles. The van der Waals surface area contributed by atoms with Crippen molar-refractivity contribution in [3.05, 3.63) is 28.5 Å². The SMILES string of the molecule is CCN(C(C)C)C(C)C.O=C(NC1CC1)c1ccc(Br)cn1. The number of pyridine rings is 1. The van der Waals surface area contributed by atoms with Gasteiger partial charge in [-0.1, -0.05) is 6.92 Å². The first kappa shape index (κ1) is 19.1. The van der Waals surface area contributed by atoms with Crippen LogP contribution in [-0.4, -0.2) is 40.5 Å². The van der Waals surface area contributed by atoms with Crippen molar-refractivity contribution >= 4 is 21.8 Å². The van der Waals surface area contributed by atoms with Crippen molar-refractivity contribution in [3.8, 4) is 0 Å². The lowest BCUT2D eigenvalue weighted by Crippen LogP contribution is -2.36. The molecule has 4 nitrogen and oxygen atoms in total. The summed E-state index contributed by atoms with van der Waals surface area (Å²) in [5.74, 6) is -0.0741. The fraction of sp³-hybridized carbons (Fsp3) is 0.647. The Kier molecular flexibility index (Phi) is 8.04. The molecule has 5 heteroatoms. The molecule has 1 amide bonds. The summed E-state index contributed by atoms with van der Waals surface area (Å²) in [4.78, 5) is 17.9. The highest BCUT2D eigenvalue weighted by Crippen LogP contribution is 2.19. The Balaban J connectivity index is 0.000000239. The molecule has 124 valence electrons. The maximum atomic E-state index is 11.4. The lowest BCUT2D eigenvalue weighted by molar-refractivity contribution is 0.0946. The molecule has 22 heavy (non-hydrogen) atoms. The van der Waals surface area contributed by atoms with Gasteiger partial charge in [-0.3, -0.25) is 9.69 Å². The first-order valence-corrected chi connectivity index (χ1v) is 8.82. The Morgan fingerprint density at radius 2 is 1.91 bits per heavy atom. The number of hydrogen-bond donors (Lipinski definition) is 1. The third kappa shape index (κ3) is 6.88. The van der Waals surface area contributed by atoms with Gasteiger partial charge in [0.05, 0.1) is 0 Å². The Morgan fingerprint density at radius 3 is 2.23 bits per heavy atom. The summed E-state index contributed by atoms with van der Waals surface area (Å²) in [7, 11) is 0. The van der Waals surface area contributed by atoms with Crippen molar-refractivity contribution in [2.75, 3.05) is 6.54 Å². The zero-order valence-corrected chi connectivity index (χ0v) is 15.9. The molecule has 0 unspecified atom stereocenters. The van der Waals surface area contributed by atoms with E-state index in [0.717, 1.165) is 23.9 Å².